The van der Waals surface area contributed by atoms with Gasteiger partial charge < -0.3 is 9.72 Å². The molecule has 0 aromatic carbocycles. The number of hydrogen-bond donors (Lipinski definition) is 2. The van der Waals surface area contributed by atoms with Crippen LogP contribution in [-0.4, -0.2) is 36.2 Å². The van der Waals surface area contributed by atoms with Gasteiger partial charge in [-0.2, -0.15) is 0 Å². The van der Waals surface area contributed by atoms with Crippen molar-refractivity contribution in [3.63, 3.8) is 0 Å². The summed E-state index contributed by atoms with van der Waals surface area (Å²) in [6.45, 7) is 0.750. The average molecular weight is 185 g/mol. The van der Waals surface area contributed by atoms with Crippen LogP contribution < -0.4 is 5.48 Å². The van der Waals surface area contributed by atoms with Gasteiger partial charge in [0.1, 0.15) is 5.69 Å². The standard InChI is InChI=1S/C7H11N3O3/c1-12-2-3-13-10-7(11)6-4-8-5-9-6/h4-5H,2-3H2,1H3,(H,8,9)(H,10,11). The van der Waals surface area contributed by atoms with Gasteiger partial charge in [-0.3, -0.25) is 9.63 Å². The number of hydrogen-bond acceptors (Lipinski definition) is 4. The topological polar surface area (TPSA) is 76.2 Å². The van der Waals surface area contributed by atoms with Gasteiger partial charge in [0.15, 0.2) is 0 Å². The zero-order valence-corrected chi connectivity index (χ0v) is 7.24. The van der Waals surface area contributed by atoms with Crippen LogP contribution in [0.1, 0.15) is 10.5 Å². The van der Waals surface area contributed by atoms with Crippen molar-refractivity contribution in [3.8, 4) is 0 Å². The highest BCUT2D eigenvalue weighted by molar-refractivity contribution is 5.91. The SMILES string of the molecule is COCCONC(=O)c1cnc[nH]1. The van der Waals surface area contributed by atoms with E-state index in [4.69, 9.17) is 9.57 Å². The molecule has 0 unspecified atom stereocenters. The second-order valence-electron chi connectivity index (χ2n) is 2.24. The predicted molar refractivity (Wildman–Crippen MR) is 43.9 cm³/mol. The molecular formula is C7H11N3O3. The Labute approximate surface area is 75.2 Å². The molecule has 1 amide bonds. The first-order valence-electron chi connectivity index (χ1n) is 3.74. The van der Waals surface area contributed by atoms with E-state index in [1.807, 2.05) is 0 Å². The summed E-state index contributed by atoms with van der Waals surface area (Å²) in [6.07, 6.45) is 2.83. The Morgan fingerprint density at radius 1 is 1.69 bits per heavy atom. The summed E-state index contributed by atoms with van der Waals surface area (Å²) >= 11 is 0. The maximum absolute atomic E-state index is 11.1. The molecule has 0 bridgehead atoms. The Morgan fingerprint density at radius 2 is 2.54 bits per heavy atom. The molecule has 0 saturated heterocycles. The van der Waals surface area contributed by atoms with Crippen LogP contribution in [0.5, 0.6) is 0 Å². The second-order valence-corrected chi connectivity index (χ2v) is 2.24. The summed E-state index contributed by atoms with van der Waals surface area (Å²) in [6, 6.07) is 0. The highest BCUT2D eigenvalue weighted by atomic mass is 16.7. The van der Waals surface area contributed by atoms with Gasteiger partial charge in [0.25, 0.3) is 5.91 Å². The van der Waals surface area contributed by atoms with Crippen LogP contribution in [0.15, 0.2) is 12.5 Å². The minimum Gasteiger partial charge on any atom is -0.382 e. The molecule has 6 nitrogen and oxygen atoms in total. The van der Waals surface area contributed by atoms with E-state index in [0.717, 1.165) is 0 Å². The number of aromatic nitrogens is 2. The number of methoxy groups -OCH3 is 1. The van der Waals surface area contributed by atoms with E-state index in [2.05, 4.69) is 15.4 Å². The lowest BCUT2D eigenvalue weighted by Crippen LogP contribution is -2.25. The molecule has 72 valence electrons. The van der Waals surface area contributed by atoms with E-state index in [1.165, 1.54) is 12.5 Å². The fraction of sp³-hybridized carbons (Fsp3) is 0.429. The maximum Gasteiger partial charge on any atom is 0.292 e. The Kier molecular flexibility index (Phi) is 3.94. The number of nitrogens with one attached hydrogen (secondary N) is 2. The van der Waals surface area contributed by atoms with Crippen LogP contribution in [0.3, 0.4) is 0 Å². The maximum atomic E-state index is 11.1. The lowest BCUT2D eigenvalue weighted by atomic mass is 10.5. The number of hydroxylamine groups is 1. The van der Waals surface area contributed by atoms with Crippen molar-refractivity contribution < 1.29 is 14.4 Å². The Balaban J connectivity index is 2.19. The molecule has 1 heterocycles. The summed E-state index contributed by atoms with van der Waals surface area (Å²) in [7, 11) is 1.56. The van der Waals surface area contributed by atoms with Crippen molar-refractivity contribution in [3.05, 3.63) is 18.2 Å². The molecule has 0 aliphatic carbocycles. The highest BCUT2D eigenvalue weighted by Gasteiger charge is 2.04. The van der Waals surface area contributed by atoms with E-state index in [9.17, 15) is 4.79 Å². The number of aromatic amines is 1. The molecule has 0 fully saturated rings. The number of carbonyl (C=O) groups excluding carboxylic acids is 1. The minimum absolute atomic E-state index is 0.316. The van der Waals surface area contributed by atoms with Gasteiger partial charge >= 0.3 is 0 Å². The van der Waals surface area contributed by atoms with Crippen molar-refractivity contribution >= 4 is 5.91 Å². The lowest BCUT2D eigenvalue weighted by Gasteiger charge is -2.02. The van der Waals surface area contributed by atoms with Gasteiger partial charge in [-0.05, 0) is 0 Å². The molecule has 6 heteroatoms. The van der Waals surface area contributed by atoms with E-state index in [-0.39, 0.29) is 5.91 Å². The van der Waals surface area contributed by atoms with E-state index >= 15 is 0 Å². The molecule has 0 radical (unpaired) electrons. The summed E-state index contributed by atoms with van der Waals surface area (Å²) in [5.74, 6) is -0.353. The third kappa shape index (κ3) is 3.22. The van der Waals surface area contributed by atoms with E-state index in [1.54, 1.807) is 7.11 Å². The molecule has 1 rings (SSSR count). The van der Waals surface area contributed by atoms with E-state index < -0.39 is 0 Å². The quantitative estimate of drug-likeness (QED) is 0.488. The Bertz CT molecular complexity index is 247. The first-order chi connectivity index (χ1) is 6.34. The number of ether oxygens (including phenoxy) is 1. The largest absolute Gasteiger partial charge is 0.382 e. The van der Waals surface area contributed by atoms with Gasteiger partial charge in [0.05, 0.1) is 25.7 Å². The Hall–Kier alpha value is -1.40. The normalized spacial score (nSPS) is 9.92. The third-order valence-corrected chi connectivity index (χ3v) is 1.30. The molecule has 0 spiro atoms. The first-order valence-corrected chi connectivity index (χ1v) is 3.74. The fourth-order valence-corrected chi connectivity index (χ4v) is 0.677. The van der Waals surface area contributed by atoms with Crippen LogP contribution in [0.4, 0.5) is 0 Å². The molecule has 0 atom stereocenters. The zero-order chi connectivity index (χ0) is 9.52. The van der Waals surface area contributed by atoms with Crippen molar-refractivity contribution in [1.29, 1.82) is 0 Å². The van der Waals surface area contributed by atoms with Crippen LogP contribution in [0.2, 0.25) is 0 Å². The molecular weight excluding hydrogens is 174 g/mol. The molecule has 0 saturated carbocycles. The predicted octanol–water partition coefficient (Wildman–Crippen LogP) is -0.283. The average Bonchev–Trinajstić information content (AvgIpc) is 2.65. The minimum atomic E-state index is -0.353. The van der Waals surface area contributed by atoms with Gasteiger partial charge in [0.2, 0.25) is 0 Å². The highest BCUT2D eigenvalue weighted by Crippen LogP contribution is 1.89. The van der Waals surface area contributed by atoms with Crippen molar-refractivity contribution in [2.45, 2.75) is 0 Å². The van der Waals surface area contributed by atoms with Gasteiger partial charge in [-0.25, -0.2) is 10.5 Å². The number of nitrogens with zero attached hydrogens (tertiary/aromatic N) is 1. The molecule has 13 heavy (non-hydrogen) atoms. The summed E-state index contributed by atoms with van der Waals surface area (Å²) < 4.78 is 4.72. The van der Waals surface area contributed by atoms with Crippen LogP contribution >= 0.6 is 0 Å². The van der Waals surface area contributed by atoms with E-state index in [0.29, 0.717) is 18.9 Å². The van der Waals surface area contributed by atoms with Crippen molar-refractivity contribution in [1.82, 2.24) is 15.4 Å². The van der Waals surface area contributed by atoms with Crippen LogP contribution in [0.25, 0.3) is 0 Å². The van der Waals surface area contributed by atoms with Crippen molar-refractivity contribution in [2.75, 3.05) is 20.3 Å². The Morgan fingerprint density at radius 3 is 3.15 bits per heavy atom. The molecule has 0 aliphatic rings. The fourth-order valence-electron chi connectivity index (χ4n) is 0.677. The molecule has 1 aromatic rings. The summed E-state index contributed by atoms with van der Waals surface area (Å²) in [5, 5.41) is 0. The number of imidazole rings is 1. The monoisotopic (exact) mass is 185 g/mol. The summed E-state index contributed by atoms with van der Waals surface area (Å²) in [4.78, 5) is 22.2. The van der Waals surface area contributed by atoms with Gasteiger partial charge in [-0.15, -0.1) is 0 Å². The second kappa shape index (κ2) is 5.28. The summed E-state index contributed by atoms with van der Waals surface area (Å²) in [5.41, 5.74) is 2.59. The molecule has 1 aromatic heterocycles. The van der Waals surface area contributed by atoms with Crippen molar-refractivity contribution in [2.24, 2.45) is 0 Å². The smallest absolute Gasteiger partial charge is 0.292 e. The molecule has 2 N–H and O–H groups in total. The molecule has 0 aliphatic heterocycles. The number of rotatable bonds is 5. The van der Waals surface area contributed by atoms with Gasteiger partial charge in [0, 0.05) is 7.11 Å². The first kappa shape index (κ1) is 9.69. The number of H-pyrrole nitrogens is 1. The van der Waals surface area contributed by atoms with Crippen LogP contribution in [0, 0.1) is 0 Å². The lowest BCUT2D eigenvalue weighted by molar-refractivity contribution is 0.00861. The van der Waals surface area contributed by atoms with Gasteiger partial charge in [-0.1, -0.05) is 0 Å². The third-order valence-electron chi connectivity index (χ3n) is 1.30. The van der Waals surface area contributed by atoms with Crippen LogP contribution in [-0.2, 0) is 9.57 Å². The number of carbonyl (C=O) groups is 1. The number of amides is 1. The zero-order valence-electron chi connectivity index (χ0n) is 7.24.